The minimum Gasteiger partial charge on any atom is -0.493 e. The van der Waals surface area contributed by atoms with Crippen LogP contribution in [0.15, 0.2) is 42.5 Å². The van der Waals surface area contributed by atoms with Crippen molar-refractivity contribution in [3.63, 3.8) is 0 Å². The number of likely N-dealkylation sites (tertiary alicyclic amines) is 1. The molecule has 1 amide bonds. The van der Waals surface area contributed by atoms with Crippen LogP contribution in [-0.2, 0) is 15.1 Å². The number of ether oxygens (including phenoxy) is 4. The Labute approximate surface area is 194 Å². The van der Waals surface area contributed by atoms with Gasteiger partial charge in [0.15, 0.2) is 17.6 Å². The molecule has 1 unspecified atom stereocenters. The van der Waals surface area contributed by atoms with Crippen molar-refractivity contribution >= 4 is 17.5 Å². The van der Waals surface area contributed by atoms with E-state index in [1.807, 2.05) is 18.2 Å². The largest absolute Gasteiger partial charge is 0.493 e. The van der Waals surface area contributed by atoms with E-state index in [1.54, 1.807) is 11.0 Å². The highest BCUT2D eigenvalue weighted by Gasteiger charge is 2.51. The van der Waals surface area contributed by atoms with E-state index in [2.05, 4.69) is 0 Å². The van der Waals surface area contributed by atoms with Gasteiger partial charge in [-0.05, 0) is 42.8 Å². The molecule has 6 nitrogen and oxygen atoms in total. The molecule has 2 heterocycles. The minimum absolute atomic E-state index is 0.0442. The zero-order chi connectivity index (χ0) is 23.8. The van der Waals surface area contributed by atoms with Crippen LogP contribution in [0.1, 0.15) is 29.3 Å². The molecular formula is C23H23ClF3NO5. The highest BCUT2D eigenvalue weighted by molar-refractivity contribution is 6.30. The Balaban J connectivity index is 1.51. The summed E-state index contributed by atoms with van der Waals surface area (Å²) in [5.41, 5.74) is 0.477. The maximum Gasteiger partial charge on any atom is 0.425 e. The monoisotopic (exact) mass is 485 g/mol. The van der Waals surface area contributed by atoms with E-state index >= 15 is 0 Å². The van der Waals surface area contributed by atoms with Gasteiger partial charge in [0, 0.05) is 23.6 Å². The van der Waals surface area contributed by atoms with Crippen molar-refractivity contribution in [2.24, 2.45) is 0 Å². The van der Waals surface area contributed by atoms with Crippen molar-refractivity contribution in [3.8, 4) is 11.5 Å². The van der Waals surface area contributed by atoms with Gasteiger partial charge >= 0.3 is 6.18 Å². The molecule has 3 atom stereocenters. The van der Waals surface area contributed by atoms with E-state index in [0.717, 1.165) is 12.5 Å². The average molecular weight is 486 g/mol. The van der Waals surface area contributed by atoms with E-state index in [4.69, 9.17) is 30.5 Å². The first-order valence-electron chi connectivity index (χ1n) is 10.4. The van der Waals surface area contributed by atoms with Crippen molar-refractivity contribution in [2.75, 3.05) is 27.0 Å². The van der Waals surface area contributed by atoms with Gasteiger partial charge in [0.05, 0.1) is 13.7 Å². The summed E-state index contributed by atoms with van der Waals surface area (Å²) in [7, 11) is 1.30. The number of carbonyl (C=O) groups is 1. The number of amides is 1. The van der Waals surface area contributed by atoms with E-state index in [0.29, 0.717) is 18.0 Å². The molecule has 2 aliphatic rings. The highest BCUT2D eigenvalue weighted by Crippen LogP contribution is 2.43. The first kappa shape index (κ1) is 23.7. The zero-order valence-corrected chi connectivity index (χ0v) is 18.8. The summed E-state index contributed by atoms with van der Waals surface area (Å²) in [6, 6.07) is 11.5. The fourth-order valence-electron chi connectivity index (χ4n) is 4.16. The number of alkyl halides is 3. The Morgan fingerprint density at radius 3 is 2.73 bits per heavy atom. The second-order valence-electron chi connectivity index (χ2n) is 7.99. The molecule has 0 bridgehead atoms. The lowest BCUT2D eigenvalue weighted by Crippen LogP contribution is -2.53. The number of carbonyl (C=O) groups excluding carboxylic acids is 1. The zero-order valence-electron chi connectivity index (χ0n) is 18.0. The minimum atomic E-state index is -4.52. The van der Waals surface area contributed by atoms with Gasteiger partial charge in [0.2, 0.25) is 0 Å². The highest BCUT2D eigenvalue weighted by atomic mass is 35.5. The molecule has 0 N–H and O–H groups in total. The topological polar surface area (TPSA) is 57.2 Å². The fourth-order valence-corrected chi connectivity index (χ4v) is 4.35. The summed E-state index contributed by atoms with van der Waals surface area (Å²) in [6.07, 6.45) is -6.42. The lowest BCUT2D eigenvalue weighted by atomic mass is 9.82. The number of piperidine rings is 1. The van der Waals surface area contributed by atoms with Gasteiger partial charge in [-0.2, -0.15) is 13.2 Å². The molecule has 0 aromatic heterocycles. The summed E-state index contributed by atoms with van der Waals surface area (Å²) in [5, 5.41) is 0.587. The third kappa shape index (κ3) is 4.62. The summed E-state index contributed by atoms with van der Waals surface area (Å²) < 4.78 is 60.5. The van der Waals surface area contributed by atoms with Crippen LogP contribution in [0.25, 0.3) is 0 Å². The van der Waals surface area contributed by atoms with Crippen LogP contribution in [0.2, 0.25) is 5.02 Å². The Bertz CT molecular complexity index is 1030. The normalized spacial score (nSPS) is 23.7. The van der Waals surface area contributed by atoms with E-state index in [-0.39, 0.29) is 42.4 Å². The molecule has 0 spiro atoms. The molecule has 2 fully saturated rings. The molecule has 33 heavy (non-hydrogen) atoms. The van der Waals surface area contributed by atoms with Crippen molar-refractivity contribution in [2.45, 2.75) is 37.3 Å². The number of benzene rings is 2. The third-order valence-electron chi connectivity index (χ3n) is 6.02. The fraction of sp³-hybridized carbons (Fsp3) is 0.435. The van der Waals surface area contributed by atoms with Crippen LogP contribution in [0, 0.1) is 0 Å². The number of fused-ring (bicyclic) bond motifs is 1. The SMILES string of the molecule is COc1cc(C(=O)N2CC[C@]3(c4cccc(Cl)c4)OCO[C@@H]3C2)ccc1OC(C)C(F)(F)F. The standard InChI is InChI=1S/C23H23ClF3NO5/c1-14(23(25,26)27)33-18-7-6-15(10-19(18)30-2)21(29)28-9-8-22(20(12-28)31-13-32-22)16-4-3-5-17(24)11-16/h3-7,10-11,14,20H,8-9,12-13H2,1-2H3/t14?,20-,22-/m1/s1. The summed E-state index contributed by atoms with van der Waals surface area (Å²) in [6.45, 7) is 1.70. The third-order valence-corrected chi connectivity index (χ3v) is 6.26. The van der Waals surface area contributed by atoms with Crippen LogP contribution in [0.3, 0.4) is 0 Å². The van der Waals surface area contributed by atoms with Crippen molar-refractivity contribution < 1.29 is 36.9 Å². The Morgan fingerprint density at radius 1 is 1.24 bits per heavy atom. The second kappa shape index (κ2) is 9.04. The second-order valence-corrected chi connectivity index (χ2v) is 8.42. The Hall–Kier alpha value is -2.49. The van der Waals surface area contributed by atoms with Gasteiger partial charge < -0.3 is 23.8 Å². The number of rotatable bonds is 5. The molecule has 4 rings (SSSR count). The molecule has 10 heteroatoms. The maximum atomic E-state index is 13.2. The van der Waals surface area contributed by atoms with Crippen molar-refractivity contribution in [1.29, 1.82) is 0 Å². The van der Waals surface area contributed by atoms with Crippen molar-refractivity contribution in [1.82, 2.24) is 4.90 Å². The Kier molecular flexibility index (Phi) is 6.48. The number of nitrogens with zero attached hydrogens (tertiary/aromatic N) is 1. The van der Waals surface area contributed by atoms with Crippen LogP contribution in [0.4, 0.5) is 13.2 Å². The van der Waals surface area contributed by atoms with Gasteiger partial charge in [-0.3, -0.25) is 4.79 Å². The molecule has 2 aromatic carbocycles. The molecule has 2 aliphatic heterocycles. The van der Waals surface area contributed by atoms with Crippen LogP contribution >= 0.6 is 11.6 Å². The van der Waals surface area contributed by atoms with Gasteiger partial charge in [0.25, 0.3) is 5.91 Å². The maximum absolute atomic E-state index is 13.2. The smallest absolute Gasteiger partial charge is 0.425 e. The van der Waals surface area contributed by atoms with E-state index in [9.17, 15) is 18.0 Å². The molecular weight excluding hydrogens is 463 g/mol. The van der Waals surface area contributed by atoms with Gasteiger partial charge in [-0.15, -0.1) is 0 Å². The van der Waals surface area contributed by atoms with Gasteiger partial charge in [-0.25, -0.2) is 0 Å². The predicted octanol–water partition coefficient (Wildman–Crippen LogP) is 4.79. The molecule has 178 valence electrons. The molecule has 0 aliphatic carbocycles. The van der Waals surface area contributed by atoms with Gasteiger partial charge in [0.1, 0.15) is 18.5 Å². The first-order chi connectivity index (χ1) is 15.6. The lowest BCUT2D eigenvalue weighted by molar-refractivity contribution is -0.189. The Morgan fingerprint density at radius 2 is 2.03 bits per heavy atom. The predicted molar refractivity (Wildman–Crippen MR) is 114 cm³/mol. The van der Waals surface area contributed by atoms with Crippen molar-refractivity contribution in [3.05, 3.63) is 58.6 Å². The van der Waals surface area contributed by atoms with Crippen LogP contribution in [-0.4, -0.2) is 56.2 Å². The summed E-state index contributed by atoms with van der Waals surface area (Å²) in [4.78, 5) is 14.8. The average Bonchev–Trinajstić information content (AvgIpc) is 3.22. The molecule has 0 radical (unpaired) electrons. The molecule has 0 saturated carbocycles. The number of hydrogen-bond acceptors (Lipinski definition) is 5. The van der Waals surface area contributed by atoms with Crippen LogP contribution in [0.5, 0.6) is 11.5 Å². The number of halogens is 4. The summed E-state index contributed by atoms with van der Waals surface area (Å²) >= 11 is 6.16. The molecule has 2 aromatic rings. The number of methoxy groups -OCH3 is 1. The van der Waals surface area contributed by atoms with E-state index < -0.39 is 17.9 Å². The van der Waals surface area contributed by atoms with Crippen LogP contribution < -0.4 is 9.47 Å². The lowest BCUT2D eigenvalue weighted by Gasteiger charge is -2.42. The van der Waals surface area contributed by atoms with Gasteiger partial charge in [-0.1, -0.05) is 23.7 Å². The summed E-state index contributed by atoms with van der Waals surface area (Å²) in [5.74, 6) is -0.341. The quantitative estimate of drug-likeness (QED) is 0.609. The molecule has 2 saturated heterocycles. The van der Waals surface area contributed by atoms with E-state index in [1.165, 1.54) is 25.3 Å². The number of hydrogen-bond donors (Lipinski definition) is 0. The first-order valence-corrected chi connectivity index (χ1v) is 10.7.